The van der Waals surface area contributed by atoms with Crippen molar-refractivity contribution in [2.45, 2.75) is 4.90 Å². The fraction of sp³-hybridized carbons (Fsp3) is 0.417. The number of hydrogen-bond donors (Lipinski definition) is 1. The minimum Gasteiger partial charge on any atom is -0.398 e. The Hall–Kier alpha value is -1.20. The van der Waals surface area contributed by atoms with E-state index in [4.69, 9.17) is 10.5 Å². The van der Waals surface area contributed by atoms with Crippen LogP contribution in [-0.4, -0.2) is 42.9 Å². The Bertz CT molecular complexity index is 392. The number of thioether (sulfide) groups is 1. The lowest BCUT2D eigenvalue weighted by Crippen LogP contribution is -2.41. The number of amides is 1. The maximum Gasteiger partial charge on any atom is 0.233 e. The number of anilines is 1. The molecule has 1 fully saturated rings. The molecule has 0 spiro atoms. The Morgan fingerprint density at radius 1 is 1.35 bits per heavy atom. The van der Waals surface area contributed by atoms with Gasteiger partial charge in [0.25, 0.3) is 0 Å². The zero-order valence-electron chi connectivity index (χ0n) is 9.59. The predicted octanol–water partition coefficient (Wildman–Crippen LogP) is 1.22. The zero-order valence-corrected chi connectivity index (χ0v) is 10.4. The van der Waals surface area contributed by atoms with Gasteiger partial charge in [-0.15, -0.1) is 11.8 Å². The van der Waals surface area contributed by atoms with E-state index in [2.05, 4.69) is 0 Å². The molecule has 1 saturated heterocycles. The molecule has 1 aromatic rings. The molecule has 1 amide bonds. The van der Waals surface area contributed by atoms with Gasteiger partial charge in [-0.25, -0.2) is 0 Å². The number of ether oxygens (including phenoxy) is 1. The van der Waals surface area contributed by atoms with Crippen molar-refractivity contribution in [3.8, 4) is 0 Å². The van der Waals surface area contributed by atoms with E-state index < -0.39 is 0 Å². The van der Waals surface area contributed by atoms with Crippen molar-refractivity contribution in [1.29, 1.82) is 0 Å². The van der Waals surface area contributed by atoms with Gasteiger partial charge >= 0.3 is 0 Å². The van der Waals surface area contributed by atoms with Gasteiger partial charge in [0, 0.05) is 23.7 Å². The summed E-state index contributed by atoms with van der Waals surface area (Å²) in [6.45, 7) is 2.68. The minimum atomic E-state index is 0.154. The predicted molar refractivity (Wildman–Crippen MR) is 69.0 cm³/mol. The molecule has 0 saturated carbocycles. The maximum absolute atomic E-state index is 11.9. The van der Waals surface area contributed by atoms with Crippen molar-refractivity contribution >= 4 is 23.4 Å². The molecule has 92 valence electrons. The number of carbonyl (C=O) groups excluding carboxylic acids is 1. The molecule has 1 aromatic carbocycles. The van der Waals surface area contributed by atoms with Gasteiger partial charge in [0.2, 0.25) is 5.91 Å². The number of nitrogens with two attached hydrogens (primary N) is 1. The van der Waals surface area contributed by atoms with Crippen LogP contribution in [0.5, 0.6) is 0 Å². The Morgan fingerprint density at radius 2 is 2.06 bits per heavy atom. The fourth-order valence-electron chi connectivity index (χ4n) is 1.66. The van der Waals surface area contributed by atoms with Gasteiger partial charge in [-0.2, -0.15) is 0 Å². The summed E-state index contributed by atoms with van der Waals surface area (Å²) in [5.74, 6) is 0.593. The zero-order chi connectivity index (χ0) is 12.1. The summed E-state index contributed by atoms with van der Waals surface area (Å²) < 4.78 is 5.21. The lowest BCUT2D eigenvalue weighted by Gasteiger charge is -2.26. The largest absolute Gasteiger partial charge is 0.398 e. The highest BCUT2D eigenvalue weighted by Crippen LogP contribution is 2.24. The smallest absolute Gasteiger partial charge is 0.233 e. The van der Waals surface area contributed by atoms with E-state index in [1.807, 2.05) is 29.2 Å². The highest BCUT2D eigenvalue weighted by atomic mass is 32.2. The number of nitrogens with zero attached hydrogens (tertiary/aromatic N) is 1. The summed E-state index contributed by atoms with van der Waals surface area (Å²) in [6.07, 6.45) is 0. The summed E-state index contributed by atoms with van der Waals surface area (Å²) in [6, 6.07) is 7.61. The molecular weight excluding hydrogens is 236 g/mol. The third kappa shape index (κ3) is 3.38. The van der Waals surface area contributed by atoms with Crippen LogP contribution in [0.15, 0.2) is 29.2 Å². The van der Waals surface area contributed by atoms with Crippen LogP contribution in [0.4, 0.5) is 5.69 Å². The molecule has 2 N–H and O–H groups in total. The quantitative estimate of drug-likeness (QED) is 0.649. The molecule has 0 radical (unpaired) electrons. The van der Waals surface area contributed by atoms with Gasteiger partial charge < -0.3 is 15.4 Å². The van der Waals surface area contributed by atoms with E-state index >= 15 is 0 Å². The fourth-order valence-corrected chi connectivity index (χ4v) is 2.53. The minimum absolute atomic E-state index is 0.154. The van der Waals surface area contributed by atoms with Gasteiger partial charge in [-0.1, -0.05) is 12.1 Å². The molecule has 0 unspecified atom stereocenters. The summed E-state index contributed by atoms with van der Waals surface area (Å²) in [5.41, 5.74) is 6.55. The van der Waals surface area contributed by atoms with Gasteiger partial charge in [-0.3, -0.25) is 4.79 Å². The number of benzene rings is 1. The lowest BCUT2D eigenvalue weighted by atomic mass is 10.3. The Kier molecular flexibility index (Phi) is 4.28. The molecule has 17 heavy (non-hydrogen) atoms. The average Bonchev–Trinajstić information content (AvgIpc) is 2.38. The van der Waals surface area contributed by atoms with Crippen LogP contribution < -0.4 is 5.73 Å². The Labute approximate surface area is 105 Å². The molecule has 4 nitrogen and oxygen atoms in total. The Balaban J connectivity index is 1.85. The molecule has 0 atom stereocenters. The first-order valence-electron chi connectivity index (χ1n) is 5.60. The van der Waals surface area contributed by atoms with Crippen LogP contribution in [-0.2, 0) is 9.53 Å². The Morgan fingerprint density at radius 3 is 2.76 bits per heavy atom. The molecule has 5 heteroatoms. The standard InChI is InChI=1S/C12H16N2O2S/c13-10-3-1-2-4-11(10)17-9-12(15)14-5-7-16-8-6-14/h1-4H,5-9,13H2. The van der Waals surface area contributed by atoms with E-state index in [-0.39, 0.29) is 5.91 Å². The van der Waals surface area contributed by atoms with Crippen molar-refractivity contribution in [1.82, 2.24) is 4.90 Å². The molecule has 0 aliphatic carbocycles. The van der Waals surface area contributed by atoms with E-state index in [1.165, 1.54) is 11.8 Å². The van der Waals surface area contributed by atoms with Gasteiger partial charge in [0.05, 0.1) is 19.0 Å². The SMILES string of the molecule is Nc1ccccc1SCC(=O)N1CCOCC1. The number of carbonyl (C=O) groups is 1. The molecule has 0 aromatic heterocycles. The molecule has 1 aliphatic heterocycles. The normalized spacial score (nSPS) is 15.9. The second-order valence-electron chi connectivity index (χ2n) is 3.82. The van der Waals surface area contributed by atoms with Crippen LogP contribution in [0.3, 0.4) is 0 Å². The van der Waals surface area contributed by atoms with Crippen LogP contribution in [0.25, 0.3) is 0 Å². The van der Waals surface area contributed by atoms with Crippen molar-refractivity contribution < 1.29 is 9.53 Å². The van der Waals surface area contributed by atoms with Gasteiger partial charge in [0.15, 0.2) is 0 Å². The van der Waals surface area contributed by atoms with Crippen molar-refractivity contribution in [3.63, 3.8) is 0 Å². The van der Waals surface area contributed by atoms with Crippen LogP contribution in [0.2, 0.25) is 0 Å². The van der Waals surface area contributed by atoms with E-state index in [1.54, 1.807) is 0 Å². The van der Waals surface area contributed by atoms with Gasteiger partial charge in [-0.05, 0) is 12.1 Å². The lowest BCUT2D eigenvalue weighted by molar-refractivity contribution is -0.132. The topological polar surface area (TPSA) is 55.6 Å². The third-order valence-electron chi connectivity index (χ3n) is 2.63. The van der Waals surface area contributed by atoms with Crippen LogP contribution in [0.1, 0.15) is 0 Å². The summed E-state index contributed by atoms with van der Waals surface area (Å²) >= 11 is 1.49. The molecule has 1 aliphatic rings. The molecule has 1 heterocycles. The first-order chi connectivity index (χ1) is 8.27. The van der Waals surface area contributed by atoms with E-state index in [0.29, 0.717) is 32.1 Å². The van der Waals surface area contributed by atoms with Crippen LogP contribution >= 0.6 is 11.8 Å². The first kappa shape index (κ1) is 12.3. The highest BCUT2D eigenvalue weighted by molar-refractivity contribution is 8.00. The van der Waals surface area contributed by atoms with E-state index in [0.717, 1.165) is 10.6 Å². The number of hydrogen-bond acceptors (Lipinski definition) is 4. The second-order valence-corrected chi connectivity index (χ2v) is 4.84. The van der Waals surface area contributed by atoms with Crippen molar-refractivity contribution in [2.24, 2.45) is 0 Å². The van der Waals surface area contributed by atoms with Crippen molar-refractivity contribution in [3.05, 3.63) is 24.3 Å². The van der Waals surface area contributed by atoms with Gasteiger partial charge in [0.1, 0.15) is 0 Å². The van der Waals surface area contributed by atoms with Crippen molar-refractivity contribution in [2.75, 3.05) is 37.8 Å². The highest BCUT2D eigenvalue weighted by Gasteiger charge is 2.16. The third-order valence-corrected chi connectivity index (χ3v) is 3.71. The summed E-state index contributed by atoms with van der Waals surface area (Å²) in [7, 11) is 0. The van der Waals surface area contributed by atoms with Crippen LogP contribution in [0, 0.1) is 0 Å². The monoisotopic (exact) mass is 252 g/mol. The number of rotatable bonds is 3. The second kappa shape index (κ2) is 5.93. The molecule has 0 bridgehead atoms. The summed E-state index contributed by atoms with van der Waals surface area (Å²) in [5, 5.41) is 0. The maximum atomic E-state index is 11.9. The summed E-state index contributed by atoms with van der Waals surface area (Å²) in [4.78, 5) is 14.7. The molecule has 2 rings (SSSR count). The first-order valence-corrected chi connectivity index (χ1v) is 6.59. The number of nitrogen functional groups attached to an aromatic ring is 1. The number of morpholine rings is 1. The van der Waals surface area contributed by atoms with E-state index in [9.17, 15) is 4.79 Å². The molecular formula is C12H16N2O2S. The number of para-hydroxylation sites is 1. The average molecular weight is 252 g/mol.